The summed E-state index contributed by atoms with van der Waals surface area (Å²) in [6.45, 7) is 4.41. The van der Waals surface area contributed by atoms with Crippen molar-refractivity contribution in [2.75, 3.05) is 0 Å². The van der Waals surface area contributed by atoms with Crippen molar-refractivity contribution in [1.29, 1.82) is 0 Å². The SMILES string of the molecule is CCCC/C(C)=C/[C@H]1CCC(=O)C1. The van der Waals surface area contributed by atoms with Crippen molar-refractivity contribution in [3.05, 3.63) is 11.6 Å². The number of carbonyl (C=O) groups is 1. The van der Waals surface area contributed by atoms with Crippen LogP contribution in [-0.4, -0.2) is 5.78 Å². The Bertz CT molecular complexity index is 203. The highest BCUT2D eigenvalue weighted by Gasteiger charge is 2.19. The molecule has 0 aromatic carbocycles. The van der Waals surface area contributed by atoms with Crippen LogP contribution in [0.4, 0.5) is 0 Å². The van der Waals surface area contributed by atoms with Crippen LogP contribution in [-0.2, 0) is 4.79 Å². The predicted molar refractivity (Wildman–Crippen MR) is 55.6 cm³/mol. The maximum atomic E-state index is 11.0. The van der Waals surface area contributed by atoms with Crippen LogP contribution in [0.2, 0.25) is 0 Å². The van der Waals surface area contributed by atoms with Gasteiger partial charge in [-0.05, 0) is 32.1 Å². The molecule has 0 radical (unpaired) electrons. The molecular weight excluding hydrogens is 160 g/mol. The number of ketones is 1. The lowest BCUT2D eigenvalue weighted by molar-refractivity contribution is -0.117. The number of allylic oxidation sites excluding steroid dienone is 2. The summed E-state index contributed by atoms with van der Waals surface area (Å²) in [6.07, 6.45) is 8.76. The van der Waals surface area contributed by atoms with Gasteiger partial charge in [0.05, 0.1) is 0 Å². The Hall–Kier alpha value is -0.590. The number of rotatable bonds is 4. The number of Topliss-reactive ketones (excluding diaryl/α,β-unsaturated/α-hetero) is 1. The van der Waals surface area contributed by atoms with Gasteiger partial charge in [-0.25, -0.2) is 0 Å². The molecular formula is C12H20O. The highest BCUT2D eigenvalue weighted by molar-refractivity contribution is 5.80. The van der Waals surface area contributed by atoms with E-state index >= 15 is 0 Å². The summed E-state index contributed by atoms with van der Waals surface area (Å²) in [6, 6.07) is 0. The first-order valence-corrected chi connectivity index (χ1v) is 5.41. The van der Waals surface area contributed by atoms with Crippen LogP contribution in [0.1, 0.15) is 52.4 Å². The first-order chi connectivity index (χ1) is 6.22. The molecule has 0 unspecified atom stereocenters. The number of hydrogen-bond acceptors (Lipinski definition) is 1. The molecule has 1 saturated carbocycles. The van der Waals surface area contributed by atoms with Gasteiger partial charge in [0, 0.05) is 12.8 Å². The summed E-state index contributed by atoms with van der Waals surface area (Å²) in [5.74, 6) is 1.01. The van der Waals surface area contributed by atoms with Crippen molar-refractivity contribution >= 4 is 5.78 Å². The van der Waals surface area contributed by atoms with Crippen LogP contribution < -0.4 is 0 Å². The van der Waals surface area contributed by atoms with Crippen molar-refractivity contribution in [3.63, 3.8) is 0 Å². The van der Waals surface area contributed by atoms with Gasteiger partial charge < -0.3 is 0 Å². The average molecular weight is 180 g/mol. The highest BCUT2D eigenvalue weighted by Crippen LogP contribution is 2.25. The van der Waals surface area contributed by atoms with Gasteiger partial charge in [0.2, 0.25) is 0 Å². The number of unbranched alkanes of at least 4 members (excludes halogenated alkanes) is 1. The number of carbonyl (C=O) groups excluding carboxylic acids is 1. The fourth-order valence-corrected chi connectivity index (χ4v) is 1.93. The molecule has 1 aliphatic carbocycles. The average Bonchev–Trinajstić information content (AvgIpc) is 2.48. The van der Waals surface area contributed by atoms with E-state index in [4.69, 9.17) is 0 Å². The lowest BCUT2D eigenvalue weighted by atomic mass is 10.0. The molecule has 1 atom stereocenters. The van der Waals surface area contributed by atoms with Gasteiger partial charge in [-0.2, -0.15) is 0 Å². The lowest BCUT2D eigenvalue weighted by Crippen LogP contribution is -1.92. The van der Waals surface area contributed by atoms with Crippen molar-refractivity contribution in [1.82, 2.24) is 0 Å². The summed E-state index contributed by atoms with van der Waals surface area (Å²) < 4.78 is 0. The Morgan fingerprint density at radius 2 is 2.38 bits per heavy atom. The van der Waals surface area contributed by atoms with Crippen molar-refractivity contribution in [3.8, 4) is 0 Å². The zero-order valence-corrected chi connectivity index (χ0v) is 8.81. The third-order valence-electron chi connectivity index (χ3n) is 2.73. The largest absolute Gasteiger partial charge is 0.300 e. The van der Waals surface area contributed by atoms with E-state index in [0.717, 1.165) is 19.3 Å². The van der Waals surface area contributed by atoms with Gasteiger partial charge in [0.15, 0.2) is 0 Å². The molecule has 13 heavy (non-hydrogen) atoms. The first-order valence-electron chi connectivity index (χ1n) is 5.41. The molecule has 1 heteroatoms. The standard InChI is InChI=1S/C12H20O/c1-3-4-5-10(2)8-11-6-7-12(13)9-11/h8,11H,3-7,9H2,1-2H3/b10-8+/t11-/m1/s1. The maximum Gasteiger partial charge on any atom is 0.133 e. The second kappa shape index (κ2) is 5.21. The number of hydrogen-bond donors (Lipinski definition) is 0. The van der Waals surface area contributed by atoms with E-state index in [1.54, 1.807) is 0 Å². The Morgan fingerprint density at radius 1 is 1.62 bits per heavy atom. The van der Waals surface area contributed by atoms with Crippen LogP contribution in [0.3, 0.4) is 0 Å². The van der Waals surface area contributed by atoms with Crippen molar-refractivity contribution < 1.29 is 4.79 Å². The molecule has 1 fully saturated rings. The van der Waals surface area contributed by atoms with Crippen LogP contribution in [0, 0.1) is 5.92 Å². The van der Waals surface area contributed by atoms with E-state index in [0.29, 0.717) is 11.7 Å². The zero-order chi connectivity index (χ0) is 9.68. The molecule has 0 amide bonds. The van der Waals surface area contributed by atoms with E-state index in [9.17, 15) is 4.79 Å². The third kappa shape index (κ3) is 3.75. The van der Waals surface area contributed by atoms with Gasteiger partial charge in [-0.1, -0.05) is 25.0 Å². The molecule has 1 aliphatic rings. The molecule has 1 nitrogen and oxygen atoms in total. The van der Waals surface area contributed by atoms with Gasteiger partial charge in [-0.15, -0.1) is 0 Å². The van der Waals surface area contributed by atoms with Crippen LogP contribution in [0.25, 0.3) is 0 Å². The maximum absolute atomic E-state index is 11.0. The van der Waals surface area contributed by atoms with Gasteiger partial charge in [0.25, 0.3) is 0 Å². The highest BCUT2D eigenvalue weighted by atomic mass is 16.1. The van der Waals surface area contributed by atoms with Crippen LogP contribution in [0.15, 0.2) is 11.6 Å². The second-order valence-corrected chi connectivity index (χ2v) is 4.16. The normalized spacial score (nSPS) is 24.0. The van der Waals surface area contributed by atoms with Gasteiger partial charge in [0.1, 0.15) is 5.78 Å². The minimum absolute atomic E-state index is 0.449. The summed E-state index contributed by atoms with van der Waals surface area (Å²) in [7, 11) is 0. The summed E-state index contributed by atoms with van der Waals surface area (Å²) in [5, 5.41) is 0. The third-order valence-corrected chi connectivity index (χ3v) is 2.73. The van der Waals surface area contributed by atoms with E-state index in [-0.39, 0.29) is 0 Å². The predicted octanol–water partition coefficient (Wildman–Crippen LogP) is 3.49. The second-order valence-electron chi connectivity index (χ2n) is 4.16. The zero-order valence-electron chi connectivity index (χ0n) is 8.81. The Balaban J connectivity index is 2.32. The summed E-state index contributed by atoms with van der Waals surface area (Å²) in [5.41, 5.74) is 1.47. The van der Waals surface area contributed by atoms with Crippen LogP contribution in [0.5, 0.6) is 0 Å². The fourth-order valence-electron chi connectivity index (χ4n) is 1.93. The smallest absolute Gasteiger partial charge is 0.133 e. The molecule has 0 saturated heterocycles. The topological polar surface area (TPSA) is 17.1 Å². The molecule has 0 heterocycles. The first kappa shape index (κ1) is 10.5. The molecule has 0 N–H and O–H groups in total. The van der Waals surface area contributed by atoms with Crippen molar-refractivity contribution in [2.24, 2.45) is 5.92 Å². The van der Waals surface area contributed by atoms with E-state index < -0.39 is 0 Å². The van der Waals surface area contributed by atoms with Gasteiger partial charge >= 0.3 is 0 Å². The molecule has 0 spiro atoms. The molecule has 1 rings (SSSR count). The summed E-state index contributed by atoms with van der Waals surface area (Å²) >= 11 is 0. The molecule has 0 aromatic heterocycles. The van der Waals surface area contributed by atoms with Crippen LogP contribution >= 0.6 is 0 Å². The van der Waals surface area contributed by atoms with E-state index in [1.165, 1.54) is 24.8 Å². The molecule has 74 valence electrons. The minimum atomic E-state index is 0.449. The van der Waals surface area contributed by atoms with E-state index in [2.05, 4.69) is 19.9 Å². The molecule has 0 bridgehead atoms. The fraction of sp³-hybridized carbons (Fsp3) is 0.750. The van der Waals surface area contributed by atoms with E-state index in [1.807, 2.05) is 0 Å². The quantitative estimate of drug-likeness (QED) is 0.605. The minimum Gasteiger partial charge on any atom is -0.300 e. The Morgan fingerprint density at radius 3 is 2.92 bits per heavy atom. The Labute approximate surface area is 81.2 Å². The molecule has 0 aromatic rings. The Kier molecular flexibility index (Phi) is 4.20. The summed E-state index contributed by atoms with van der Waals surface area (Å²) in [4.78, 5) is 11.0. The van der Waals surface area contributed by atoms with Gasteiger partial charge in [-0.3, -0.25) is 4.79 Å². The van der Waals surface area contributed by atoms with Crippen molar-refractivity contribution in [2.45, 2.75) is 52.4 Å². The lowest BCUT2D eigenvalue weighted by Gasteiger charge is -2.04. The molecule has 0 aliphatic heterocycles. The monoisotopic (exact) mass is 180 g/mol.